The zero-order valence-corrected chi connectivity index (χ0v) is 12.7. The summed E-state index contributed by atoms with van der Waals surface area (Å²) in [5.74, 6) is -0.258. The highest BCUT2D eigenvalue weighted by atomic mass is 19.4. The Bertz CT molecular complexity index is 612. The summed E-state index contributed by atoms with van der Waals surface area (Å²) in [6.45, 7) is 2.20. The molecule has 1 amide bonds. The van der Waals surface area contributed by atoms with Crippen LogP contribution in [0.5, 0.6) is 5.88 Å². The molecular formula is C15H18F3N3O2. The Kier molecular flexibility index (Phi) is 3.95. The maximum absolute atomic E-state index is 12.8. The van der Waals surface area contributed by atoms with E-state index in [-0.39, 0.29) is 17.2 Å². The van der Waals surface area contributed by atoms with Gasteiger partial charge in [0.25, 0.3) is 0 Å². The molecule has 0 bridgehead atoms. The van der Waals surface area contributed by atoms with Gasteiger partial charge < -0.3 is 15.0 Å². The number of alkyl halides is 3. The first-order chi connectivity index (χ1) is 10.8. The van der Waals surface area contributed by atoms with Gasteiger partial charge in [-0.2, -0.15) is 13.2 Å². The minimum absolute atomic E-state index is 0.0910. The van der Waals surface area contributed by atoms with Gasteiger partial charge in [0.05, 0.1) is 7.11 Å². The Labute approximate surface area is 131 Å². The third-order valence-electron chi connectivity index (χ3n) is 4.60. The predicted molar refractivity (Wildman–Crippen MR) is 77.3 cm³/mol. The van der Waals surface area contributed by atoms with Gasteiger partial charge in [-0.1, -0.05) is 0 Å². The van der Waals surface area contributed by atoms with E-state index in [0.29, 0.717) is 18.7 Å². The van der Waals surface area contributed by atoms with E-state index in [1.807, 2.05) is 0 Å². The van der Waals surface area contributed by atoms with E-state index in [9.17, 15) is 18.0 Å². The first-order valence-electron chi connectivity index (χ1n) is 7.48. The molecule has 2 aliphatic heterocycles. The number of pyridine rings is 1. The molecule has 3 heterocycles. The summed E-state index contributed by atoms with van der Waals surface area (Å²) >= 11 is 0. The van der Waals surface area contributed by atoms with Crippen molar-refractivity contribution in [2.75, 3.05) is 31.6 Å². The van der Waals surface area contributed by atoms with Crippen molar-refractivity contribution >= 4 is 11.6 Å². The third kappa shape index (κ3) is 2.99. The number of hydrogen-bond donors (Lipinski definition) is 1. The molecule has 2 fully saturated rings. The lowest BCUT2D eigenvalue weighted by atomic mass is 9.78. The number of carbonyl (C=O) groups is 1. The molecule has 5 nitrogen and oxygen atoms in total. The molecule has 23 heavy (non-hydrogen) atoms. The van der Waals surface area contributed by atoms with Crippen molar-refractivity contribution in [3.05, 3.63) is 17.8 Å². The van der Waals surface area contributed by atoms with Crippen LogP contribution in [0.15, 0.2) is 12.1 Å². The molecule has 1 aromatic heterocycles. The Morgan fingerprint density at radius 2 is 2.00 bits per heavy atom. The zero-order chi connectivity index (χ0) is 16.7. The monoisotopic (exact) mass is 329 g/mol. The SMILES string of the molecule is COc1nc(C(F)(F)F)ccc1N1CC2(CCNCC2)CC1=O. The van der Waals surface area contributed by atoms with E-state index in [1.54, 1.807) is 0 Å². The number of amides is 1. The van der Waals surface area contributed by atoms with Crippen molar-refractivity contribution < 1.29 is 22.7 Å². The Balaban J connectivity index is 1.91. The highest BCUT2D eigenvalue weighted by Gasteiger charge is 2.45. The van der Waals surface area contributed by atoms with E-state index in [0.717, 1.165) is 32.0 Å². The van der Waals surface area contributed by atoms with Gasteiger partial charge in [0.1, 0.15) is 11.4 Å². The molecule has 0 aromatic carbocycles. The first-order valence-corrected chi connectivity index (χ1v) is 7.48. The van der Waals surface area contributed by atoms with E-state index >= 15 is 0 Å². The lowest BCUT2D eigenvalue weighted by Crippen LogP contribution is -2.38. The highest BCUT2D eigenvalue weighted by Crippen LogP contribution is 2.43. The maximum atomic E-state index is 12.8. The van der Waals surface area contributed by atoms with Gasteiger partial charge >= 0.3 is 6.18 Å². The van der Waals surface area contributed by atoms with Crippen molar-refractivity contribution in [2.24, 2.45) is 5.41 Å². The lowest BCUT2D eigenvalue weighted by Gasteiger charge is -2.33. The molecule has 0 radical (unpaired) electrons. The average Bonchev–Trinajstić information content (AvgIpc) is 2.82. The number of hydrogen-bond acceptors (Lipinski definition) is 4. The number of nitrogens with one attached hydrogen (secondary N) is 1. The molecule has 0 saturated carbocycles. The van der Waals surface area contributed by atoms with Crippen molar-refractivity contribution in [3.63, 3.8) is 0 Å². The predicted octanol–water partition coefficient (Wildman–Crippen LogP) is 2.22. The Hall–Kier alpha value is -1.83. The molecule has 1 N–H and O–H groups in total. The van der Waals surface area contributed by atoms with Crippen LogP contribution in [0.25, 0.3) is 0 Å². The number of halogens is 3. The van der Waals surface area contributed by atoms with Gasteiger partial charge in [-0.15, -0.1) is 0 Å². The molecule has 1 spiro atoms. The van der Waals surface area contributed by atoms with Crippen LogP contribution in [0.4, 0.5) is 18.9 Å². The van der Waals surface area contributed by atoms with Crippen LogP contribution in [0.1, 0.15) is 25.0 Å². The molecule has 0 atom stereocenters. The number of piperidine rings is 1. The number of anilines is 1. The third-order valence-corrected chi connectivity index (χ3v) is 4.60. The van der Waals surface area contributed by atoms with Crippen LogP contribution in [-0.4, -0.2) is 37.6 Å². The summed E-state index contributed by atoms with van der Waals surface area (Å²) in [4.78, 5) is 17.4. The summed E-state index contributed by atoms with van der Waals surface area (Å²) in [5.41, 5.74) is -0.821. The highest BCUT2D eigenvalue weighted by molar-refractivity contribution is 5.97. The Morgan fingerprint density at radius 3 is 2.61 bits per heavy atom. The van der Waals surface area contributed by atoms with Gasteiger partial charge in [-0.25, -0.2) is 4.98 Å². The number of nitrogens with zero attached hydrogens (tertiary/aromatic N) is 2. The van der Waals surface area contributed by atoms with Crippen LogP contribution in [0.2, 0.25) is 0 Å². The normalized spacial score (nSPS) is 21.0. The van der Waals surface area contributed by atoms with Crippen LogP contribution < -0.4 is 15.0 Å². The fourth-order valence-electron chi connectivity index (χ4n) is 3.35. The standard InChI is InChI=1S/C15H18F3N3O2/c1-23-13-10(2-3-11(20-13)15(16,17)18)21-9-14(8-12(21)22)4-6-19-7-5-14/h2-3,19H,4-9H2,1H3. The van der Waals surface area contributed by atoms with Crippen LogP contribution in [0.3, 0.4) is 0 Å². The zero-order valence-electron chi connectivity index (χ0n) is 12.7. The number of aromatic nitrogens is 1. The number of rotatable bonds is 2. The fraction of sp³-hybridized carbons (Fsp3) is 0.600. The number of methoxy groups -OCH3 is 1. The molecule has 2 aliphatic rings. The summed E-state index contributed by atoms with van der Waals surface area (Å²) < 4.78 is 43.3. The Morgan fingerprint density at radius 1 is 1.30 bits per heavy atom. The van der Waals surface area contributed by atoms with Gasteiger partial charge in [0, 0.05) is 13.0 Å². The molecular weight excluding hydrogens is 311 g/mol. The van der Waals surface area contributed by atoms with Crippen molar-refractivity contribution in [3.8, 4) is 5.88 Å². The average molecular weight is 329 g/mol. The summed E-state index contributed by atoms with van der Waals surface area (Å²) in [5, 5.41) is 3.26. The van der Waals surface area contributed by atoms with Gasteiger partial charge in [-0.3, -0.25) is 4.79 Å². The lowest BCUT2D eigenvalue weighted by molar-refractivity contribution is -0.141. The summed E-state index contributed by atoms with van der Waals surface area (Å²) in [7, 11) is 1.26. The molecule has 126 valence electrons. The van der Waals surface area contributed by atoms with E-state index in [4.69, 9.17) is 4.74 Å². The number of ether oxygens (including phenoxy) is 1. The molecule has 3 rings (SSSR count). The van der Waals surface area contributed by atoms with Crippen molar-refractivity contribution in [2.45, 2.75) is 25.4 Å². The van der Waals surface area contributed by atoms with Crippen molar-refractivity contribution in [1.29, 1.82) is 0 Å². The summed E-state index contributed by atoms with van der Waals surface area (Å²) in [6.07, 6.45) is -2.37. The molecule has 2 saturated heterocycles. The molecule has 1 aromatic rings. The topological polar surface area (TPSA) is 54.5 Å². The van der Waals surface area contributed by atoms with Gasteiger partial charge in [0.2, 0.25) is 11.8 Å². The number of carbonyl (C=O) groups excluding carboxylic acids is 1. The first kappa shape index (κ1) is 16.0. The fourth-order valence-corrected chi connectivity index (χ4v) is 3.35. The molecule has 8 heteroatoms. The van der Waals surface area contributed by atoms with Crippen LogP contribution in [-0.2, 0) is 11.0 Å². The van der Waals surface area contributed by atoms with Crippen LogP contribution >= 0.6 is 0 Å². The second-order valence-corrected chi connectivity index (χ2v) is 6.13. The maximum Gasteiger partial charge on any atom is 0.433 e. The smallest absolute Gasteiger partial charge is 0.433 e. The molecule has 0 aliphatic carbocycles. The summed E-state index contributed by atoms with van der Waals surface area (Å²) in [6, 6.07) is 2.16. The second kappa shape index (κ2) is 5.67. The quantitative estimate of drug-likeness (QED) is 0.904. The van der Waals surface area contributed by atoms with Gasteiger partial charge in [0.15, 0.2) is 0 Å². The van der Waals surface area contributed by atoms with E-state index < -0.39 is 11.9 Å². The minimum Gasteiger partial charge on any atom is -0.479 e. The van der Waals surface area contributed by atoms with E-state index in [2.05, 4.69) is 10.3 Å². The van der Waals surface area contributed by atoms with Crippen LogP contribution in [0, 0.1) is 5.41 Å². The van der Waals surface area contributed by atoms with E-state index in [1.165, 1.54) is 18.1 Å². The second-order valence-electron chi connectivity index (χ2n) is 6.13. The minimum atomic E-state index is -4.54. The molecule has 0 unspecified atom stereocenters. The van der Waals surface area contributed by atoms with Gasteiger partial charge in [-0.05, 0) is 43.5 Å². The largest absolute Gasteiger partial charge is 0.479 e. The van der Waals surface area contributed by atoms with Crippen molar-refractivity contribution in [1.82, 2.24) is 10.3 Å².